The van der Waals surface area contributed by atoms with Crippen molar-refractivity contribution >= 4 is 34.8 Å². The molecule has 0 spiro atoms. The number of carbonyl (C=O) groups excluding carboxylic acids is 1. The van der Waals surface area contributed by atoms with E-state index in [1.54, 1.807) is 12.1 Å². The first-order valence-electron chi connectivity index (χ1n) is 4.09. The Labute approximate surface area is 91.0 Å². The Bertz CT molecular complexity index is 393. The number of hydrogen-bond donors (Lipinski definition) is 1. The number of amides is 1. The molecule has 1 aliphatic heterocycles. The molecule has 3 nitrogen and oxygen atoms in total. The lowest BCUT2D eigenvalue weighted by atomic mass is 10.3. The van der Waals surface area contributed by atoms with Crippen LogP contribution in [-0.2, 0) is 4.79 Å². The van der Waals surface area contributed by atoms with Crippen LogP contribution < -0.4 is 10.1 Å². The van der Waals surface area contributed by atoms with Gasteiger partial charge in [-0.05, 0) is 12.1 Å². The highest BCUT2D eigenvalue weighted by Crippen LogP contribution is 2.39. The minimum atomic E-state index is -0.0814. The van der Waals surface area contributed by atoms with Gasteiger partial charge in [-0.15, -0.1) is 0 Å². The van der Waals surface area contributed by atoms with E-state index in [9.17, 15) is 4.79 Å². The third-order valence-corrected chi connectivity index (χ3v) is 2.69. The quantitative estimate of drug-likeness (QED) is 0.746. The maximum atomic E-state index is 11.2. The number of fused-ring (bicyclic) bond motifs is 1. The second-order valence-corrected chi connectivity index (χ2v) is 3.67. The summed E-state index contributed by atoms with van der Waals surface area (Å²) in [5.74, 6) is 0.368. The van der Waals surface area contributed by atoms with Crippen LogP contribution in [-0.4, -0.2) is 12.5 Å². The molecule has 1 N–H and O–H groups in total. The summed E-state index contributed by atoms with van der Waals surface area (Å²) in [5.41, 5.74) is 0.571. The van der Waals surface area contributed by atoms with Crippen molar-refractivity contribution < 1.29 is 9.53 Å². The van der Waals surface area contributed by atoms with Gasteiger partial charge in [0, 0.05) is 0 Å². The highest BCUT2D eigenvalue weighted by Gasteiger charge is 2.17. The van der Waals surface area contributed by atoms with Gasteiger partial charge in [0.15, 0.2) is 5.75 Å². The first kappa shape index (κ1) is 9.62. The summed E-state index contributed by atoms with van der Waals surface area (Å²) >= 11 is 11.7. The molecule has 1 aliphatic rings. The fourth-order valence-corrected chi connectivity index (χ4v) is 1.60. The van der Waals surface area contributed by atoms with Crippen molar-refractivity contribution in [2.24, 2.45) is 0 Å². The Morgan fingerprint density at radius 3 is 2.93 bits per heavy atom. The molecule has 0 aliphatic carbocycles. The lowest BCUT2D eigenvalue weighted by molar-refractivity contribution is -0.116. The zero-order valence-electron chi connectivity index (χ0n) is 7.14. The smallest absolute Gasteiger partial charge is 0.227 e. The predicted octanol–water partition coefficient (Wildman–Crippen LogP) is 2.71. The van der Waals surface area contributed by atoms with Gasteiger partial charge in [-0.25, -0.2) is 0 Å². The van der Waals surface area contributed by atoms with E-state index in [1.165, 1.54) is 0 Å². The number of benzene rings is 1. The Hall–Kier alpha value is -0.930. The average Bonchev–Trinajstić information content (AvgIpc) is 2.34. The first-order chi connectivity index (χ1) is 6.68. The van der Waals surface area contributed by atoms with Gasteiger partial charge in [0.05, 0.1) is 23.7 Å². The van der Waals surface area contributed by atoms with Crippen LogP contribution in [0.4, 0.5) is 5.69 Å². The summed E-state index contributed by atoms with van der Waals surface area (Å²) in [5, 5.41) is 3.44. The molecule has 0 atom stereocenters. The van der Waals surface area contributed by atoms with Crippen molar-refractivity contribution in [1.82, 2.24) is 0 Å². The van der Waals surface area contributed by atoms with Gasteiger partial charge >= 0.3 is 0 Å². The SMILES string of the molecule is O=C1CCOc2c(ccc(Cl)c2Cl)N1. The number of carbonyl (C=O) groups is 1. The molecule has 0 unspecified atom stereocenters. The number of ether oxygens (including phenoxy) is 1. The third-order valence-electron chi connectivity index (χ3n) is 1.90. The minimum Gasteiger partial charge on any atom is -0.489 e. The maximum absolute atomic E-state index is 11.2. The Morgan fingerprint density at radius 2 is 2.14 bits per heavy atom. The van der Waals surface area contributed by atoms with E-state index < -0.39 is 0 Å². The van der Waals surface area contributed by atoms with Crippen LogP contribution in [0, 0.1) is 0 Å². The van der Waals surface area contributed by atoms with E-state index in [2.05, 4.69) is 5.32 Å². The molecule has 0 fully saturated rings. The highest BCUT2D eigenvalue weighted by molar-refractivity contribution is 6.43. The maximum Gasteiger partial charge on any atom is 0.227 e. The summed E-state index contributed by atoms with van der Waals surface area (Å²) in [6.07, 6.45) is 0.322. The van der Waals surface area contributed by atoms with Crippen LogP contribution in [0.5, 0.6) is 5.75 Å². The fraction of sp³-hybridized carbons (Fsp3) is 0.222. The Kier molecular flexibility index (Phi) is 2.52. The molecule has 0 aromatic heterocycles. The summed E-state index contributed by atoms with van der Waals surface area (Å²) in [4.78, 5) is 11.2. The van der Waals surface area contributed by atoms with Crippen molar-refractivity contribution in [1.29, 1.82) is 0 Å². The van der Waals surface area contributed by atoms with Crippen LogP contribution in [0.3, 0.4) is 0 Å². The van der Waals surface area contributed by atoms with Gasteiger partial charge in [-0.3, -0.25) is 4.79 Å². The number of nitrogens with one attached hydrogen (secondary N) is 1. The third kappa shape index (κ3) is 1.65. The van der Waals surface area contributed by atoms with E-state index in [-0.39, 0.29) is 5.91 Å². The molecule has 1 heterocycles. The first-order valence-corrected chi connectivity index (χ1v) is 4.85. The van der Waals surface area contributed by atoms with Gasteiger partial charge in [0.2, 0.25) is 5.91 Å². The van der Waals surface area contributed by atoms with Crippen molar-refractivity contribution in [2.75, 3.05) is 11.9 Å². The summed E-state index contributed by atoms with van der Waals surface area (Å²) in [7, 11) is 0. The van der Waals surface area contributed by atoms with Gasteiger partial charge in [-0.2, -0.15) is 0 Å². The highest BCUT2D eigenvalue weighted by atomic mass is 35.5. The lowest BCUT2D eigenvalue weighted by Crippen LogP contribution is -2.10. The molecule has 14 heavy (non-hydrogen) atoms. The molecule has 2 rings (SSSR count). The second kappa shape index (κ2) is 3.67. The molecule has 0 bridgehead atoms. The van der Waals surface area contributed by atoms with Crippen LogP contribution in [0.1, 0.15) is 6.42 Å². The van der Waals surface area contributed by atoms with Crippen LogP contribution >= 0.6 is 23.2 Å². The average molecular weight is 232 g/mol. The van der Waals surface area contributed by atoms with Crippen molar-refractivity contribution in [2.45, 2.75) is 6.42 Å². The summed E-state index contributed by atoms with van der Waals surface area (Å²) < 4.78 is 5.33. The number of anilines is 1. The number of halogens is 2. The van der Waals surface area contributed by atoms with Gasteiger partial charge in [-0.1, -0.05) is 23.2 Å². The molecular formula is C9H7Cl2NO2. The molecular weight excluding hydrogens is 225 g/mol. The predicted molar refractivity (Wildman–Crippen MR) is 55.2 cm³/mol. The molecule has 0 radical (unpaired) electrons. The normalized spacial score (nSPS) is 15.1. The van der Waals surface area contributed by atoms with Gasteiger partial charge in [0.25, 0.3) is 0 Å². The zero-order chi connectivity index (χ0) is 10.1. The molecule has 0 saturated heterocycles. The largest absolute Gasteiger partial charge is 0.489 e. The van der Waals surface area contributed by atoms with Crippen molar-refractivity contribution in [3.8, 4) is 5.75 Å². The molecule has 74 valence electrons. The summed E-state index contributed by atoms with van der Waals surface area (Å²) in [6.45, 7) is 0.318. The zero-order valence-corrected chi connectivity index (χ0v) is 8.65. The molecule has 1 aromatic rings. The van der Waals surface area contributed by atoms with E-state index in [4.69, 9.17) is 27.9 Å². The minimum absolute atomic E-state index is 0.0814. The molecule has 5 heteroatoms. The Balaban J connectivity index is 2.50. The van der Waals surface area contributed by atoms with E-state index in [0.29, 0.717) is 34.5 Å². The van der Waals surface area contributed by atoms with E-state index in [1.807, 2.05) is 0 Å². The van der Waals surface area contributed by atoms with Crippen LogP contribution in [0.2, 0.25) is 10.0 Å². The van der Waals surface area contributed by atoms with Crippen molar-refractivity contribution in [3.05, 3.63) is 22.2 Å². The topological polar surface area (TPSA) is 38.3 Å². The Morgan fingerprint density at radius 1 is 1.36 bits per heavy atom. The lowest BCUT2D eigenvalue weighted by Gasteiger charge is -2.09. The molecule has 0 saturated carbocycles. The van der Waals surface area contributed by atoms with E-state index in [0.717, 1.165) is 0 Å². The second-order valence-electron chi connectivity index (χ2n) is 2.88. The number of hydrogen-bond acceptors (Lipinski definition) is 2. The van der Waals surface area contributed by atoms with E-state index >= 15 is 0 Å². The number of rotatable bonds is 0. The van der Waals surface area contributed by atoms with Crippen LogP contribution in [0.25, 0.3) is 0 Å². The monoisotopic (exact) mass is 231 g/mol. The van der Waals surface area contributed by atoms with Gasteiger partial charge in [0.1, 0.15) is 5.02 Å². The molecule has 1 aromatic carbocycles. The van der Waals surface area contributed by atoms with Gasteiger partial charge < -0.3 is 10.1 Å². The fourth-order valence-electron chi connectivity index (χ4n) is 1.23. The molecule has 1 amide bonds. The standard InChI is InChI=1S/C9H7Cl2NO2/c10-5-1-2-6-9(8(5)11)14-4-3-7(13)12-6/h1-2H,3-4H2,(H,12,13). The van der Waals surface area contributed by atoms with Crippen molar-refractivity contribution in [3.63, 3.8) is 0 Å². The van der Waals surface area contributed by atoms with Crippen LogP contribution in [0.15, 0.2) is 12.1 Å². The summed E-state index contributed by atoms with van der Waals surface area (Å²) in [6, 6.07) is 3.30.